The summed E-state index contributed by atoms with van der Waals surface area (Å²) in [6.07, 6.45) is 0. The number of anilines is 1. The molecule has 1 aliphatic heterocycles. The minimum atomic E-state index is 0.824. The van der Waals surface area contributed by atoms with Gasteiger partial charge in [-0.3, -0.25) is 0 Å². The van der Waals surface area contributed by atoms with Crippen LogP contribution in [0.3, 0.4) is 0 Å². The fourth-order valence-electron chi connectivity index (χ4n) is 1.87. The highest BCUT2D eigenvalue weighted by Crippen LogP contribution is 2.38. The number of para-hydroxylation sites is 1. The van der Waals surface area contributed by atoms with Gasteiger partial charge in [0.25, 0.3) is 0 Å². The van der Waals surface area contributed by atoms with Crippen LogP contribution in [0.2, 0.25) is 5.02 Å². The highest BCUT2D eigenvalue weighted by atomic mass is 35.5. The number of benzene rings is 2. The van der Waals surface area contributed by atoms with Crippen LogP contribution in [-0.2, 0) is 0 Å². The van der Waals surface area contributed by atoms with Gasteiger partial charge in [-0.15, -0.1) is 23.5 Å². The first-order valence-corrected chi connectivity index (χ1v) is 8.03. The second-order valence-electron chi connectivity index (χ2n) is 3.98. The number of fused-ring (bicyclic) bond motifs is 1. The molecule has 0 aromatic heterocycles. The van der Waals surface area contributed by atoms with E-state index >= 15 is 0 Å². The lowest BCUT2D eigenvalue weighted by Crippen LogP contribution is -2.20. The van der Waals surface area contributed by atoms with E-state index in [-0.39, 0.29) is 0 Å². The van der Waals surface area contributed by atoms with Crippen LogP contribution in [0.15, 0.2) is 58.3 Å². The van der Waals surface area contributed by atoms with Gasteiger partial charge in [-0.2, -0.15) is 0 Å². The fraction of sp³-hybridized carbons (Fsp3) is 0.143. The SMILES string of the molecule is Clc1ccccc1N1CSc2ccccc2SC1. The molecule has 0 aliphatic carbocycles. The summed E-state index contributed by atoms with van der Waals surface area (Å²) < 4.78 is 0. The summed E-state index contributed by atoms with van der Waals surface area (Å²) in [7, 11) is 0. The van der Waals surface area contributed by atoms with Crippen molar-refractivity contribution in [2.75, 3.05) is 16.7 Å². The minimum Gasteiger partial charge on any atom is -0.351 e. The van der Waals surface area contributed by atoms with Gasteiger partial charge in [0.05, 0.1) is 22.5 Å². The van der Waals surface area contributed by atoms with Gasteiger partial charge in [-0.1, -0.05) is 35.9 Å². The lowest BCUT2D eigenvalue weighted by Gasteiger charge is -2.22. The molecule has 3 rings (SSSR count). The highest BCUT2D eigenvalue weighted by molar-refractivity contribution is 8.03. The van der Waals surface area contributed by atoms with Crippen molar-refractivity contribution in [3.63, 3.8) is 0 Å². The molecule has 2 aromatic carbocycles. The van der Waals surface area contributed by atoms with Crippen LogP contribution >= 0.6 is 35.1 Å². The Hall–Kier alpha value is -0.770. The van der Waals surface area contributed by atoms with E-state index in [9.17, 15) is 0 Å². The van der Waals surface area contributed by atoms with Crippen LogP contribution < -0.4 is 4.90 Å². The topological polar surface area (TPSA) is 3.24 Å². The molecule has 0 amide bonds. The van der Waals surface area contributed by atoms with Gasteiger partial charge in [0.2, 0.25) is 0 Å². The quantitative estimate of drug-likeness (QED) is 0.731. The maximum atomic E-state index is 6.26. The lowest BCUT2D eigenvalue weighted by molar-refractivity contribution is 1.07. The summed E-state index contributed by atoms with van der Waals surface area (Å²) in [6, 6.07) is 16.6. The zero-order valence-electron chi connectivity index (χ0n) is 9.67. The molecule has 0 unspecified atom stereocenters. The van der Waals surface area contributed by atoms with Crippen LogP contribution in [0.25, 0.3) is 0 Å². The zero-order valence-corrected chi connectivity index (χ0v) is 12.1. The fourth-order valence-corrected chi connectivity index (χ4v) is 4.41. The monoisotopic (exact) mass is 293 g/mol. The van der Waals surface area contributed by atoms with Crippen molar-refractivity contribution in [1.29, 1.82) is 0 Å². The maximum Gasteiger partial charge on any atom is 0.0695 e. The molecule has 0 bridgehead atoms. The van der Waals surface area contributed by atoms with Gasteiger partial charge in [0, 0.05) is 9.79 Å². The second-order valence-corrected chi connectivity index (χ2v) is 6.37. The summed E-state index contributed by atoms with van der Waals surface area (Å²) in [6.45, 7) is 0. The summed E-state index contributed by atoms with van der Waals surface area (Å²) in [5.41, 5.74) is 1.12. The van der Waals surface area contributed by atoms with Crippen molar-refractivity contribution in [3.8, 4) is 0 Å². The molecular formula is C14H12ClNS2. The molecule has 0 saturated heterocycles. The molecule has 18 heavy (non-hydrogen) atoms. The molecule has 0 saturated carbocycles. The average Bonchev–Trinajstić information content (AvgIpc) is 2.62. The minimum absolute atomic E-state index is 0.824. The van der Waals surface area contributed by atoms with Gasteiger partial charge in [-0.05, 0) is 24.3 Å². The van der Waals surface area contributed by atoms with Crippen LogP contribution in [0, 0.1) is 0 Å². The number of hydrogen-bond donors (Lipinski definition) is 0. The third-order valence-electron chi connectivity index (χ3n) is 2.79. The number of thioether (sulfide) groups is 2. The van der Waals surface area contributed by atoms with E-state index < -0.39 is 0 Å². The smallest absolute Gasteiger partial charge is 0.0695 e. The van der Waals surface area contributed by atoms with Crippen LogP contribution in [0.1, 0.15) is 0 Å². The van der Waals surface area contributed by atoms with E-state index in [1.165, 1.54) is 9.79 Å². The van der Waals surface area contributed by atoms with E-state index in [0.717, 1.165) is 22.5 Å². The predicted octanol–water partition coefficient (Wildman–Crippen LogP) is 4.96. The molecule has 1 heterocycles. The van der Waals surface area contributed by atoms with Gasteiger partial charge in [0.15, 0.2) is 0 Å². The predicted molar refractivity (Wildman–Crippen MR) is 81.8 cm³/mol. The van der Waals surface area contributed by atoms with Gasteiger partial charge in [0.1, 0.15) is 0 Å². The number of nitrogens with zero attached hydrogens (tertiary/aromatic N) is 1. The first kappa shape index (κ1) is 12.3. The molecule has 0 N–H and O–H groups in total. The summed E-state index contributed by atoms with van der Waals surface area (Å²) in [5, 5.41) is 0.824. The molecule has 0 spiro atoms. The van der Waals surface area contributed by atoms with Crippen molar-refractivity contribution in [2.24, 2.45) is 0 Å². The van der Waals surface area contributed by atoms with E-state index in [0.29, 0.717) is 0 Å². The third kappa shape index (κ3) is 2.48. The number of rotatable bonds is 1. The maximum absolute atomic E-state index is 6.26. The van der Waals surface area contributed by atoms with Crippen molar-refractivity contribution < 1.29 is 0 Å². The van der Waals surface area contributed by atoms with E-state index in [1.54, 1.807) is 0 Å². The Balaban J connectivity index is 1.85. The molecule has 0 radical (unpaired) electrons. The number of hydrogen-bond acceptors (Lipinski definition) is 3. The van der Waals surface area contributed by atoms with Crippen LogP contribution in [0.4, 0.5) is 5.69 Å². The molecule has 2 aromatic rings. The van der Waals surface area contributed by atoms with Crippen molar-refractivity contribution in [3.05, 3.63) is 53.6 Å². The molecule has 1 nitrogen and oxygen atoms in total. The van der Waals surface area contributed by atoms with Crippen LogP contribution in [-0.4, -0.2) is 11.8 Å². The number of halogens is 1. The standard InChI is InChI=1S/C14H12ClNS2/c15-11-5-1-2-6-12(11)16-9-17-13-7-3-4-8-14(13)18-10-16/h1-8H,9-10H2. The van der Waals surface area contributed by atoms with E-state index in [1.807, 2.05) is 41.7 Å². The zero-order chi connectivity index (χ0) is 12.4. The summed E-state index contributed by atoms with van der Waals surface area (Å²) >= 11 is 10.00. The first-order valence-electron chi connectivity index (χ1n) is 5.69. The van der Waals surface area contributed by atoms with Crippen molar-refractivity contribution in [2.45, 2.75) is 9.79 Å². The molecule has 92 valence electrons. The Labute approximate surface area is 121 Å². The van der Waals surface area contributed by atoms with E-state index in [2.05, 4.69) is 35.2 Å². The summed E-state index contributed by atoms with van der Waals surface area (Å²) in [5.74, 6) is 1.88. The molecule has 0 atom stereocenters. The highest BCUT2D eigenvalue weighted by Gasteiger charge is 2.16. The van der Waals surface area contributed by atoms with Gasteiger partial charge in [-0.25, -0.2) is 0 Å². The van der Waals surface area contributed by atoms with E-state index in [4.69, 9.17) is 11.6 Å². The molecule has 1 aliphatic rings. The molecule has 0 fully saturated rings. The average molecular weight is 294 g/mol. The molecule has 4 heteroatoms. The first-order chi connectivity index (χ1) is 8.84. The molecular weight excluding hydrogens is 282 g/mol. The van der Waals surface area contributed by atoms with Crippen LogP contribution in [0.5, 0.6) is 0 Å². The Bertz CT molecular complexity index is 532. The van der Waals surface area contributed by atoms with Crippen molar-refractivity contribution in [1.82, 2.24) is 0 Å². The summed E-state index contributed by atoms with van der Waals surface area (Å²) in [4.78, 5) is 5.03. The van der Waals surface area contributed by atoms with Crippen molar-refractivity contribution >= 4 is 40.8 Å². The normalized spacial score (nSPS) is 15.1. The Kier molecular flexibility index (Phi) is 3.73. The van der Waals surface area contributed by atoms with Gasteiger partial charge >= 0.3 is 0 Å². The lowest BCUT2D eigenvalue weighted by atomic mass is 10.3. The third-order valence-corrected chi connectivity index (χ3v) is 5.46. The second kappa shape index (κ2) is 5.47. The Morgan fingerprint density at radius 2 is 1.39 bits per heavy atom. The largest absolute Gasteiger partial charge is 0.351 e. The van der Waals surface area contributed by atoms with Gasteiger partial charge < -0.3 is 4.90 Å². The Morgan fingerprint density at radius 1 is 0.833 bits per heavy atom. The Morgan fingerprint density at radius 3 is 2.00 bits per heavy atom.